The van der Waals surface area contributed by atoms with Gasteiger partial charge in [0.25, 0.3) is 0 Å². The van der Waals surface area contributed by atoms with Crippen molar-refractivity contribution in [3.8, 4) is 5.75 Å². The van der Waals surface area contributed by atoms with Crippen LogP contribution in [0.3, 0.4) is 0 Å². The van der Waals surface area contributed by atoms with Gasteiger partial charge in [0, 0.05) is 24.3 Å². The van der Waals surface area contributed by atoms with Gasteiger partial charge in [-0.05, 0) is 24.5 Å². The van der Waals surface area contributed by atoms with Gasteiger partial charge < -0.3 is 18.6 Å². The summed E-state index contributed by atoms with van der Waals surface area (Å²) in [6.45, 7) is 1.46. The topological polar surface area (TPSA) is 75.0 Å². The van der Waals surface area contributed by atoms with E-state index >= 15 is 0 Å². The molecule has 1 heterocycles. The molecule has 6 nitrogen and oxygen atoms in total. The number of rotatable bonds is 9. The summed E-state index contributed by atoms with van der Waals surface area (Å²) < 4.78 is 21.2. The van der Waals surface area contributed by atoms with E-state index in [1.807, 2.05) is 18.4 Å². The lowest BCUT2D eigenvalue weighted by molar-refractivity contribution is -0.143. The zero-order chi connectivity index (χ0) is 18.2. The van der Waals surface area contributed by atoms with Gasteiger partial charge in [-0.1, -0.05) is 12.1 Å². The molecule has 0 atom stereocenters. The van der Waals surface area contributed by atoms with E-state index in [9.17, 15) is 9.59 Å². The standard InChI is InChI=1S/C18H22O6S/c1-12(19)22-9-7-15-13(8-10-25-3)14-5-4-6-16(18(14)24-15)23-11-17(20)21-2/h4-6H,7-11H2,1-3H3. The average molecular weight is 366 g/mol. The fraction of sp³-hybridized carbons (Fsp3) is 0.444. The molecule has 0 saturated heterocycles. The van der Waals surface area contributed by atoms with Crippen LogP contribution in [0.25, 0.3) is 11.0 Å². The molecule has 7 heteroatoms. The Morgan fingerprint density at radius 2 is 2.04 bits per heavy atom. The first-order chi connectivity index (χ1) is 12.1. The lowest BCUT2D eigenvalue weighted by Crippen LogP contribution is -2.12. The number of methoxy groups -OCH3 is 1. The van der Waals surface area contributed by atoms with Gasteiger partial charge in [0.15, 0.2) is 17.9 Å². The molecular weight excluding hydrogens is 344 g/mol. The first-order valence-corrected chi connectivity index (χ1v) is 9.31. The maximum Gasteiger partial charge on any atom is 0.343 e. The number of benzene rings is 1. The van der Waals surface area contributed by atoms with Gasteiger partial charge in [-0.3, -0.25) is 4.79 Å². The third kappa shape index (κ3) is 5.16. The fourth-order valence-electron chi connectivity index (χ4n) is 2.47. The van der Waals surface area contributed by atoms with Gasteiger partial charge in [-0.2, -0.15) is 11.8 Å². The summed E-state index contributed by atoms with van der Waals surface area (Å²) in [5.74, 6) is 1.44. The third-order valence-electron chi connectivity index (χ3n) is 3.63. The van der Waals surface area contributed by atoms with E-state index in [1.165, 1.54) is 14.0 Å². The number of para-hydroxylation sites is 1. The first-order valence-electron chi connectivity index (χ1n) is 7.92. The van der Waals surface area contributed by atoms with Crippen molar-refractivity contribution in [3.05, 3.63) is 29.5 Å². The van der Waals surface area contributed by atoms with Crippen LogP contribution in [0.2, 0.25) is 0 Å². The Morgan fingerprint density at radius 1 is 1.24 bits per heavy atom. The largest absolute Gasteiger partial charge is 0.478 e. The van der Waals surface area contributed by atoms with Gasteiger partial charge in [0.05, 0.1) is 13.7 Å². The van der Waals surface area contributed by atoms with E-state index < -0.39 is 5.97 Å². The number of thioether (sulfide) groups is 1. The molecule has 0 bridgehead atoms. The molecule has 0 fully saturated rings. The molecule has 136 valence electrons. The van der Waals surface area contributed by atoms with Crippen molar-refractivity contribution in [2.24, 2.45) is 0 Å². The molecule has 2 aromatic rings. The lowest BCUT2D eigenvalue weighted by Gasteiger charge is -2.05. The quantitative estimate of drug-likeness (QED) is 0.632. The maximum absolute atomic E-state index is 11.3. The van der Waals surface area contributed by atoms with Gasteiger partial charge in [-0.25, -0.2) is 4.79 Å². The second kappa shape index (κ2) is 9.36. The number of furan rings is 1. The van der Waals surface area contributed by atoms with E-state index in [4.69, 9.17) is 13.9 Å². The zero-order valence-corrected chi connectivity index (χ0v) is 15.4. The van der Waals surface area contributed by atoms with Crippen LogP contribution in [0.4, 0.5) is 0 Å². The molecule has 1 aromatic heterocycles. The first kappa shape index (κ1) is 19.2. The molecular formula is C18H22O6S. The van der Waals surface area contributed by atoms with Crippen LogP contribution in [0.1, 0.15) is 18.2 Å². The molecule has 0 amide bonds. The summed E-state index contributed by atoms with van der Waals surface area (Å²) in [6, 6.07) is 5.58. The number of ether oxygens (including phenoxy) is 3. The van der Waals surface area contributed by atoms with Crippen molar-refractivity contribution in [1.82, 2.24) is 0 Å². The van der Waals surface area contributed by atoms with Crippen molar-refractivity contribution >= 4 is 34.7 Å². The van der Waals surface area contributed by atoms with Crippen LogP contribution in [0.15, 0.2) is 22.6 Å². The predicted octanol–water partition coefficient (Wildman–Crippen LogP) is 3.00. The molecule has 1 aromatic carbocycles. The molecule has 0 saturated carbocycles. The minimum absolute atomic E-state index is 0.181. The minimum Gasteiger partial charge on any atom is -0.478 e. The highest BCUT2D eigenvalue weighted by Crippen LogP contribution is 2.34. The summed E-state index contributed by atoms with van der Waals surface area (Å²) >= 11 is 1.75. The fourth-order valence-corrected chi connectivity index (χ4v) is 2.88. The Kier molecular flexibility index (Phi) is 7.18. The van der Waals surface area contributed by atoms with Crippen molar-refractivity contribution in [2.45, 2.75) is 19.8 Å². The molecule has 25 heavy (non-hydrogen) atoms. The van der Waals surface area contributed by atoms with Crippen LogP contribution in [-0.4, -0.2) is 44.3 Å². The second-order valence-electron chi connectivity index (χ2n) is 5.33. The Balaban J connectivity index is 2.30. The Morgan fingerprint density at radius 3 is 2.72 bits per heavy atom. The van der Waals surface area contributed by atoms with Gasteiger partial charge in [-0.15, -0.1) is 0 Å². The number of hydrogen-bond donors (Lipinski definition) is 0. The van der Waals surface area contributed by atoms with Crippen LogP contribution >= 0.6 is 11.8 Å². The normalized spacial score (nSPS) is 10.7. The van der Waals surface area contributed by atoms with E-state index in [2.05, 4.69) is 4.74 Å². The summed E-state index contributed by atoms with van der Waals surface area (Å²) in [5.41, 5.74) is 1.68. The van der Waals surface area contributed by atoms with E-state index in [-0.39, 0.29) is 19.2 Å². The Labute approximate surface area is 150 Å². The van der Waals surface area contributed by atoms with Crippen molar-refractivity contribution < 1.29 is 28.2 Å². The van der Waals surface area contributed by atoms with Gasteiger partial charge >= 0.3 is 11.9 Å². The van der Waals surface area contributed by atoms with E-state index in [0.717, 1.165) is 28.9 Å². The summed E-state index contributed by atoms with van der Waals surface area (Å²) in [5, 5.41) is 0.953. The molecule has 0 aliphatic heterocycles. The number of aryl methyl sites for hydroxylation is 1. The molecule has 0 aliphatic rings. The smallest absolute Gasteiger partial charge is 0.343 e. The van der Waals surface area contributed by atoms with E-state index in [1.54, 1.807) is 17.8 Å². The molecule has 0 unspecified atom stereocenters. The molecule has 0 spiro atoms. The molecule has 0 N–H and O–H groups in total. The number of hydrogen-bond acceptors (Lipinski definition) is 7. The van der Waals surface area contributed by atoms with Gasteiger partial charge in [0.2, 0.25) is 0 Å². The minimum atomic E-state index is -0.457. The number of carbonyl (C=O) groups excluding carboxylic acids is 2. The number of esters is 2. The average Bonchev–Trinajstić information content (AvgIpc) is 2.95. The highest BCUT2D eigenvalue weighted by Gasteiger charge is 2.18. The predicted molar refractivity (Wildman–Crippen MR) is 96.1 cm³/mol. The summed E-state index contributed by atoms with van der Waals surface area (Å²) in [4.78, 5) is 22.3. The van der Waals surface area contributed by atoms with E-state index in [0.29, 0.717) is 17.8 Å². The highest BCUT2D eigenvalue weighted by molar-refractivity contribution is 7.98. The monoisotopic (exact) mass is 366 g/mol. The van der Waals surface area contributed by atoms with Crippen LogP contribution in [0, 0.1) is 0 Å². The highest BCUT2D eigenvalue weighted by atomic mass is 32.2. The SMILES string of the molecule is COC(=O)COc1cccc2c(CCSC)c(CCOC(C)=O)oc12. The van der Waals surface area contributed by atoms with Crippen LogP contribution in [0.5, 0.6) is 5.75 Å². The molecule has 0 aliphatic carbocycles. The molecule has 2 rings (SSSR count). The summed E-state index contributed by atoms with van der Waals surface area (Å²) in [6.07, 6.45) is 3.38. The van der Waals surface area contributed by atoms with Crippen LogP contribution < -0.4 is 4.74 Å². The van der Waals surface area contributed by atoms with Crippen molar-refractivity contribution in [2.75, 3.05) is 32.3 Å². The van der Waals surface area contributed by atoms with Crippen molar-refractivity contribution in [1.29, 1.82) is 0 Å². The second-order valence-corrected chi connectivity index (χ2v) is 6.32. The van der Waals surface area contributed by atoms with Crippen LogP contribution in [-0.2, 0) is 31.9 Å². The number of carbonyl (C=O) groups is 2. The summed E-state index contributed by atoms with van der Waals surface area (Å²) in [7, 11) is 1.31. The molecule has 0 radical (unpaired) electrons. The Bertz CT molecular complexity index is 736. The Hall–Kier alpha value is -2.15. The maximum atomic E-state index is 11.3. The van der Waals surface area contributed by atoms with Crippen molar-refractivity contribution in [3.63, 3.8) is 0 Å². The van der Waals surface area contributed by atoms with Gasteiger partial charge in [0.1, 0.15) is 5.76 Å². The third-order valence-corrected chi connectivity index (χ3v) is 4.24. The zero-order valence-electron chi connectivity index (χ0n) is 14.6. The lowest BCUT2D eigenvalue weighted by atomic mass is 10.1. The number of fused-ring (bicyclic) bond motifs is 1.